The first-order chi connectivity index (χ1) is 12.3. The largest absolute Gasteiger partial charge is 0.454 e. The normalized spacial score (nSPS) is 15.4. The van der Waals surface area contributed by atoms with Crippen molar-refractivity contribution in [2.24, 2.45) is 21.5 Å². The lowest BCUT2D eigenvalue weighted by atomic mass is 10.2. The number of rotatable bonds is 5. The van der Waals surface area contributed by atoms with Crippen molar-refractivity contribution < 1.29 is 14.0 Å². The minimum atomic E-state index is -0.781. The molecule has 2 aromatic carbocycles. The first-order valence-corrected chi connectivity index (χ1v) is 7.99. The molecule has 4 N–H and O–H groups in total. The number of halogens is 2. The lowest BCUT2D eigenvalue weighted by molar-refractivity contribution is -0.166. The summed E-state index contributed by atoms with van der Waals surface area (Å²) in [5.41, 5.74) is 11.5. The zero-order valence-corrected chi connectivity index (χ0v) is 16.6. The highest BCUT2D eigenvalue weighted by molar-refractivity contribution is 8.93. The second kappa shape index (κ2) is 8.36. The molecule has 0 fully saturated rings. The van der Waals surface area contributed by atoms with Gasteiger partial charge in [-0.25, -0.2) is 9.38 Å². The predicted molar refractivity (Wildman–Crippen MR) is 107 cm³/mol. The molecule has 0 saturated heterocycles. The second-order valence-corrected chi connectivity index (χ2v) is 6.18. The molecule has 0 bridgehead atoms. The van der Waals surface area contributed by atoms with Gasteiger partial charge >= 0.3 is 0 Å². The molecule has 0 aliphatic carbocycles. The summed E-state index contributed by atoms with van der Waals surface area (Å²) in [5.74, 6) is 0.458. The highest BCUT2D eigenvalue weighted by Crippen LogP contribution is 2.26. The molecule has 0 atom stereocenters. The van der Waals surface area contributed by atoms with E-state index in [-0.39, 0.29) is 41.3 Å². The number of nitrogens with zero attached hydrogens (tertiary/aromatic N) is 3. The molecule has 0 radical (unpaired) electrons. The Morgan fingerprint density at radius 1 is 1.11 bits per heavy atom. The third-order valence-corrected chi connectivity index (χ3v) is 3.65. The number of hydroxylamine groups is 2. The van der Waals surface area contributed by atoms with Crippen molar-refractivity contribution in [2.45, 2.75) is 26.1 Å². The van der Waals surface area contributed by atoms with Crippen LogP contribution in [0.2, 0.25) is 0 Å². The number of hydrogen-bond acceptors (Lipinski definition) is 7. The second-order valence-electron chi connectivity index (χ2n) is 6.18. The van der Waals surface area contributed by atoms with Gasteiger partial charge < -0.3 is 16.2 Å². The van der Waals surface area contributed by atoms with E-state index in [9.17, 15) is 4.39 Å². The van der Waals surface area contributed by atoms with Gasteiger partial charge in [-0.1, -0.05) is 24.3 Å². The molecule has 144 valence electrons. The van der Waals surface area contributed by atoms with Gasteiger partial charge in [0.05, 0.1) is 0 Å². The van der Waals surface area contributed by atoms with Gasteiger partial charge in [0, 0.05) is 0 Å². The van der Waals surface area contributed by atoms with E-state index in [1.54, 1.807) is 50.2 Å². The smallest absolute Gasteiger partial charge is 0.226 e. The summed E-state index contributed by atoms with van der Waals surface area (Å²) >= 11 is 0. The molecular weight excluding hydrogens is 417 g/mol. The van der Waals surface area contributed by atoms with Crippen LogP contribution in [0, 0.1) is 5.82 Å². The van der Waals surface area contributed by atoms with Crippen LogP contribution in [0.4, 0.5) is 4.39 Å². The number of ether oxygens (including phenoxy) is 1. The van der Waals surface area contributed by atoms with E-state index >= 15 is 0 Å². The topological polar surface area (TPSA) is 98.5 Å². The summed E-state index contributed by atoms with van der Waals surface area (Å²) in [6, 6.07) is 13.4. The lowest BCUT2D eigenvalue weighted by Crippen LogP contribution is -2.53. The van der Waals surface area contributed by atoms with E-state index in [0.717, 1.165) is 5.56 Å². The van der Waals surface area contributed by atoms with Crippen molar-refractivity contribution in [3.8, 4) is 11.5 Å². The Morgan fingerprint density at radius 2 is 1.85 bits per heavy atom. The zero-order chi connectivity index (χ0) is 18.7. The van der Waals surface area contributed by atoms with Crippen molar-refractivity contribution >= 4 is 28.9 Å². The molecule has 9 heteroatoms. The number of benzene rings is 2. The van der Waals surface area contributed by atoms with Crippen LogP contribution < -0.4 is 16.2 Å². The number of nitrogens with two attached hydrogens (primary N) is 2. The van der Waals surface area contributed by atoms with Crippen molar-refractivity contribution in [3.05, 3.63) is 59.9 Å². The van der Waals surface area contributed by atoms with Crippen LogP contribution in [-0.2, 0) is 11.4 Å². The molecular formula is C18H21BrFN5O2. The van der Waals surface area contributed by atoms with Crippen molar-refractivity contribution in [1.82, 2.24) is 5.06 Å². The average molecular weight is 438 g/mol. The van der Waals surface area contributed by atoms with Gasteiger partial charge in [0.15, 0.2) is 17.2 Å². The van der Waals surface area contributed by atoms with Crippen LogP contribution in [0.25, 0.3) is 0 Å². The molecule has 3 rings (SSSR count). The summed E-state index contributed by atoms with van der Waals surface area (Å²) < 4.78 is 19.3. The number of guanidine groups is 2. The van der Waals surface area contributed by atoms with Gasteiger partial charge in [-0.3, -0.25) is 4.84 Å². The van der Waals surface area contributed by atoms with Gasteiger partial charge in [-0.05, 0) is 43.7 Å². The molecule has 2 aromatic rings. The van der Waals surface area contributed by atoms with Gasteiger partial charge in [0.1, 0.15) is 12.4 Å². The summed E-state index contributed by atoms with van der Waals surface area (Å²) in [5, 5.41) is 1.40. The Bertz CT molecular complexity index is 872. The minimum Gasteiger partial charge on any atom is -0.454 e. The van der Waals surface area contributed by atoms with Crippen molar-refractivity contribution in [3.63, 3.8) is 0 Å². The molecule has 7 nitrogen and oxygen atoms in total. The number of aliphatic imine (C=N–C) groups is 2. The van der Waals surface area contributed by atoms with Gasteiger partial charge in [-0.15, -0.1) is 17.0 Å². The molecule has 0 spiro atoms. The molecule has 0 unspecified atom stereocenters. The lowest BCUT2D eigenvalue weighted by Gasteiger charge is -2.36. The Balaban J connectivity index is 0.00000261. The van der Waals surface area contributed by atoms with Gasteiger partial charge in [0.25, 0.3) is 0 Å². The molecule has 1 heterocycles. The van der Waals surface area contributed by atoms with Crippen LogP contribution in [-0.4, -0.2) is 22.6 Å². The molecule has 1 aliphatic heterocycles. The summed E-state index contributed by atoms with van der Waals surface area (Å²) in [6.07, 6.45) is 0. The third-order valence-electron chi connectivity index (χ3n) is 3.65. The van der Waals surface area contributed by atoms with Crippen LogP contribution >= 0.6 is 17.0 Å². The van der Waals surface area contributed by atoms with Crippen LogP contribution in [0.5, 0.6) is 11.5 Å². The van der Waals surface area contributed by atoms with E-state index in [4.69, 9.17) is 21.0 Å². The Labute approximate surface area is 167 Å². The SMILES string of the molecule is Br.CC1(C)N=C(N)N=C(N)N1OCc1cccc(Oc2ccccc2F)c1. The maximum Gasteiger partial charge on any atom is 0.226 e. The molecule has 27 heavy (non-hydrogen) atoms. The zero-order valence-electron chi connectivity index (χ0n) is 14.9. The monoisotopic (exact) mass is 437 g/mol. The Morgan fingerprint density at radius 3 is 2.56 bits per heavy atom. The predicted octanol–water partition coefficient (Wildman–Crippen LogP) is 3.31. The van der Waals surface area contributed by atoms with E-state index in [1.165, 1.54) is 11.1 Å². The highest BCUT2D eigenvalue weighted by Gasteiger charge is 2.33. The standard InChI is InChI=1S/C18H20FN5O2.BrH/c1-18(2)23-16(20)22-17(21)24(18)25-11-12-6-5-7-13(10-12)26-15-9-4-3-8-14(15)19;/h3-10H,11H2,1-2H3,(H4,20,21,22,23);1H. The number of para-hydroxylation sites is 1. The van der Waals surface area contributed by atoms with Crippen molar-refractivity contribution in [2.75, 3.05) is 0 Å². The van der Waals surface area contributed by atoms with E-state index < -0.39 is 11.5 Å². The first-order valence-electron chi connectivity index (χ1n) is 7.99. The molecule has 0 aromatic heterocycles. The van der Waals surface area contributed by atoms with E-state index in [0.29, 0.717) is 5.75 Å². The van der Waals surface area contributed by atoms with Gasteiger partial charge in [-0.2, -0.15) is 10.1 Å². The Hall–Kier alpha value is -2.65. The summed E-state index contributed by atoms with van der Waals surface area (Å²) in [4.78, 5) is 13.9. The van der Waals surface area contributed by atoms with E-state index in [1.807, 2.05) is 6.07 Å². The summed E-state index contributed by atoms with van der Waals surface area (Å²) in [7, 11) is 0. The Kier molecular flexibility index (Phi) is 6.40. The fourth-order valence-electron chi connectivity index (χ4n) is 2.51. The van der Waals surface area contributed by atoms with Crippen LogP contribution in [0.1, 0.15) is 19.4 Å². The molecule has 0 amide bonds. The van der Waals surface area contributed by atoms with Gasteiger partial charge in [0.2, 0.25) is 11.9 Å². The summed E-state index contributed by atoms with van der Waals surface area (Å²) in [6.45, 7) is 3.81. The fourth-order valence-corrected chi connectivity index (χ4v) is 2.51. The third kappa shape index (κ3) is 4.95. The maximum atomic E-state index is 13.7. The minimum absolute atomic E-state index is 0. The molecule has 1 aliphatic rings. The maximum absolute atomic E-state index is 13.7. The average Bonchev–Trinajstić information content (AvgIpc) is 2.55. The molecule has 0 saturated carbocycles. The highest BCUT2D eigenvalue weighted by atomic mass is 79.9. The fraction of sp³-hybridized carbons (Fsp3) is 0.222. The first kappa shape index (κ1) is 20.7. The van der Waals surface area contributed by atoms with Crippen LogP contribution in [0.3, 0.4) is 0 Å². The van der Waals surface area contributed by atoms with Crippen LogP contribution in [0.15, 0.2) is 58.5 Å². The quantitative estimate of drug-likeness (QED) is 0.747. The number of hydrogen-bond donors (Lipinski definition) is 2. The van der Waals surface area contributed by atoms with Crippen molar-refractivity contribution in [1.29, 1.82) is 0 Å². The van der Waals surface area contributed by atoms with E-state index in [2.05, 4.69) is 9.98 Å².